The molecule has 0 aromatic carbocycles. The summed E-state index contributed by atoms with van der Waals surface area (Å²) in [6, 6.07) is 1.77. The molecule has 0 saturated carbocycles. The first kappa shape index (κ1) is 11.5. The van der Waals surface area contributed by atoms with Crippen molar-refractivity contribution < 1.29 is 9.21 Å². The molecule has 0 aliphatic carbocycles. The number of hydrogen-bond donors (Lipinski definition) is 0. The lowest BCUT2D eigenvalue weighted by Crippen LogP contribution is -2.43. The highest BCUT2D eigenvalue weighted by atomic mass is 35.5. The molecule has 2 heterocycles. The third kappa shape index (κ3) is 2.24. The maximum atomic E-state index is 12.1. The number of amides is 1. The van der Waals surface area contributed by atoms with Crippen LogP contribution in [-0.4, -0.2) is 29.3 Å². The fourth-order valence-corrected chi connectivity index (χ4v) is 2.24. The van der Waals surface area contributed by atoms with Gasteiger partial charge >= 0.3 is 0 Å². The Morgan fingerprint density at radius 1 is 1.62 bits per heavy atom. The van der Waals surface area contributed by atoms with E-state index in [-0.39, 0.29) is 11.3 Å². The van der Waals surface area contributed by atoms with Gasteiger partial charge in [0.1, 0.15) is 12.0 Å². The third-order valence-electron chi connectivity index (χ3n) is 3.13. The first-order chi connectivity index (χ1) is 7.58. The summed E-state index contributed by atoms with van der Waals surface area (Å²) in [6.45, 7) is 5.38. The molecule has 0 N–H and O–H groups in total. The maximum absolute atomic E-state index is 12.1. The highest BCUT2D eigenvalue weighted by Crippen LogP contribution is 2.23. The van der Waals surface area contributed by atoms with Gasteiger partial charge in [0.15, 0.2) is 0 Å². The molecule has 0 bridgehead atoms. The number of halogens is 1. The second-order valence-electron chi connectivity index (χ2n) is 4.48. The van der Waals surface area contributed by atoms with E-state index in [1.807, 2.05) is 11.8 Å². The Labute approximate surface area is 100 Å². The van der Waals surface area contributed by atoms with Gasteiger partial charge in [-0.3, -0.25) is 4.79 Å². The van der Waals surface area contributed by atoms with Gasteiger partial charge in [-0.05, 0) is 25.3 Å². The predicted molar refractivity (Wildman–Crippen MR) is 62.8 cm³/mol. The van der Waals surface area contributed by atoms with E-state index in [0.717, 1.165) is 18.7 Å². The van der Waals surface area contributed by atoms with Crippen LogP contribution in [0, 0.1) is 12.8 Å². The molecular formula is C12H16ClNO2. The monoisotopic (exact) mass is 241 g/mol. The summed E-state index contributed by atoms with van der Waals surface area (Å²) in [6.07, 6.45) is 2.48. The van der Waals surface area contributed by atoms with Crippen LogP contribution in [0.4, 0.5) is 0 Å². The number of nitrogens with zero attached hydrogens (tertiary/aromatic N) is 1. The van der Waals surface area contributed by atoms with Gasteiger partial charge in [0.2, 0.25) is 0 Å². The highest BCUT2D eigenvalue weighted by molar-refractivity contribution is 6.21. The SMILES string of the molecule is Cc1cc(C(=O)N2CCC(C)C(Cl)C2)co1. The molecule has 1 aromatic rings. The van der Waals surface area contributed by atoms with Crippen molar-refractivity contribution in [2.45, 2.75) is 25.6 Å². The number of piperidine rings is 1. The molecule has 1 aliphatic rings. The van der Waals surface area contributed by atoms with E-state index in [0.29, 0.717) is 18.0 Å². The Hall–Kier alpha value is -0.960. The van der Waals surface area contributed by atoms with Crippen LogP contribution in [0.2, 0.25) is 0 Å². The molecule has 3 nitrogen and oxygen atoms in total. The van der Waals surface area contributed by atoms with Crippen molar-refractivity contribution in [3.63, 3.8) is 0 Å². The van der Waals surface area contributed by atoms with Crippen molar-refractivity contribution in [1.82, 2.24) is 4.90 Å². The number of alkyl halides is 1. The predicted octanol–water partition coefficient (Wildman–Crippen LogP) is 2.68. The lowest BCUT2D eigenvalue weighted by Gasteiger charge is -2.33. The minimum absolute atomic E-state index is 0.0226. The van der Waals surface area contributed by atoms with Gasteiger partial charge in [0, 0.05) is 13.1 Å². The van der Waals surface area contributed by atoms with Gasteiger partial charge in [-0.25, -0.2) is 0 Å². The summed E-state index contributed by atoms with van der Waals surface area (Å²) in [7, 11) is 0. The van der Waals surface area contributed by atoms with Crippen molar-refractivity contribution in [3.05, 3.63) is 23.7 Å². The van der Waals surface area contributed by atoms with Gasteiger partial charge in [0.25, 0.3) is 5.91 Å². The highest BCUT2D eigenvalue weighted by Gasteiger charge is 2.28. The Bertz CT molecular complexity index is 388. The van der Waals surface area contributed by atoms with E-state index in [1.165, 1.54) is 6.26 Å². The summed E-state index contributed by atoms with van der Waals surface area (Å²) in [5, 5.41) is 0.0608. The third-order valence-corrected chi connectivity index (χ3v) is 3.70. The Kier molecular flexibility index (Phi) is 3.24. The van der Waals surface area contributed by atoms with E-state index >= 15 is 0 Å². The summed E-state index contributed by atoms with van der Waals surface area (Å²) < 4.78 is 5.14. The van der Waals surface area contributed by atoms with Gasteiger partial charge in [-0.2, -0.15) is 0 Å². The maximum Gasteiger partial charge on any atom is 0.257 e. The zero-order valence-corrected chi connectivity index (χ0v) is 10.3. The van der Waals surface area contributed by atoms with Crippen LogP contribution in [0.25, 0.3) is 0 Å². The van der Waals surface area contributed by atoms with Crippen LogP contribution in [0.15, 0.2) is 16.7 Å². The summed E-state index contributed by atoms with van der Waals surface area (Å²) in [5.74, 6) is 1.27. The molecule has 2 atom stereocenters. The molecular weight excluding hydrogens is 226 g/mol. The van der Waals surface area contributed by atoms with Crippen LogP contribution in [0.1, 0.15) is 29.5 Å². The second kappa shape index (κ2) is 4.50. The van der Waals surface area contributed by atoms with Crippen LogP contribution in [0.3, 0.4) is 0 Å². The minimum Gasteiger partial charge on any atom is -0.469 e. The number of hydrogen-bond acceptors (Lipinski definition) is 2. The fourth-order valence-electron chi connectivity index (χ4n) is 1.94. The first-order valence-electron chi connectivity index (χ1n) is 5.56. The van der Waals surface area contributed by atoms with E-state index in [4.69, 9.17) is 16.0 Å². The number of carbonyl (C=O) groups is 1. The molecule has 4 heteroatoms. The molecule has 88 valence electrons. The quantitative estimate of drug-likeness (QED) is 0.709. The zero-order valence-electron chi connectivity index (χ0n) is 9.57. The van der Waals surface area contributed by atoms with E-state index in [1.54, 1.807) is 6.07 Å². The van der Waals surface area contributed by atoms with Crippen molar-refractivity contribution in [1.29, 1.82) is 0 Å². The van der Waals surface area contributed by atoms with E-state index in [2.05, 4.69) is 6.92 Å². The molecule has 0 spiro atoms. The average Bonchev–Trinajstić information content (AvgIpc) is 2.68. The first-order valence-corrected chi connectivity index (χ1v) is 6.00. The Balaban J connectivity index is 2.06. The topological polar surface area (TPSA) is 33.5 Å². The standard InChI is InChI=1S/C12H16ClNO2/c1-8-3-4-14(6-11(8)13)12(15)10-5-9(2)16-7-10/h5,7-8,11H,3-4,6H2,1-2H3. The lowest BCUT2D eigenvalue weighted by molar-refractivity contribution is 0.0700. The van der Waals surface area contributed by atoms with E-state index in [9.17, 15) is 4.79 Å². The number of likely N-dealkylation sites (tertiary alicyclic amines) is 1. The summed E-state index contributed by atoms with van der Waals surface area (Å²) in [4.78, 5) is 13.9. The Morgan fingerprint density at radius 3 is 2.94 bits per heavy atom. The van der Waals surface area contributed by atoms with Crippen LogP contribution >= 0.6 is 11.6 Å². The largest absolute Gasteiger partial charge is 0.469 e. The van der Waals surface area contributed by atoms with Gasteiger partial charge in [0.05, 0.1) is 10.9 Å². The van der Waals surface area contributed by atoms with Crippen LogP contribution in [0.5, 0.6) is 0 Å². The Morgan fingerprint density at radius 2 is 2.38 bits per heavy atom. The average molecular weight is 242 g/mol. The van der Waals surface area contributed by atoms with Crippen molar-refractivity contribution in [2.24, 2.45) is 5.92 Å². The van der Waals surface area contributed by atoms with Crippen LogP contribution in [-0.2, 0) is 0 Å². The molecule has 1 aromatic heterocycles. The molecule has 1 fully saturated rings. The van der Waals surface area contributed by atoms with Gasteiger partial charge < -0.3 is 9.32 Å². The van der Waals surface area contributed by atoms with Crippen molar-refractivity contribution in [3.8, 4) is 0 Å². The molecule has 1 amide bonds. The van der Waals surface area contributed by atoms with Gasteiger partial charge in [-0.1, -0.05) is 6.92 Å². The lowest BCUT2D eigenvalue weighted by atomic mass is 9.98. The molecule has 0 radical (unpaired) electrons. The number of furan rings is 1. The minimum atomic E-state index is 0.0226. The zero-order chi connectivity index (χ0) is 11.7. The fraction of sp³-hybridized carbons (Fsp3) is 0.583. The van der Waals surface area contributed by atoms with Gasteiger partial charge in [-0.15, -0.1) is 11.6 Å². The number of carbonyl (C=O) groups excluding carboxylic acids is 1. The van der Waals surface area contributed by atoms with Crippen molar-refractivity contribution >= 4 is 17.5 Å². The second-order valence-corrected chi connectivity index (χ2v) is 5.04. The molecule has 1 aliphatic heterocycles. The normalized spacial score (nSPS) is 25.8. The number of rotatable bonds is 1. The molecule has 2 unspecified atom stereocenters. The molecule has 16 heavy (non-hydrogen) atoms. The number of aryl methyl sites for hydroxylation is 1. The summed E-state index contributed by atoms with van der Waals surface area (Å²) >= 11 is 6.18. The molecule has 2 rings (SSSR count). The van der Waals surface area contributed by atoms with Crippen LogP contribution < -0.4 is 0 Å². The summed E-state index contributed by atoms with van der Waals surface area (Å²) in [5.41, 5.74) is 0.621. The molecule has 1 saturated heterocycles. The smallest absolute Gasteiger partial charge is 0.257 e. The van der Waals surface area contributed by atoms with E-state index < -0.39 is 0 Å². The van der Waals surface area contributed by atoms with Crippen molar-refractivity contribution in [2.75, 3.05) is 13.1 Å².